The Morgan fingerprint density at radius 1 is 1.57 bits per heavy atom. The van der Waals surface area contributed by atoms with Crippen molar-refractivity contribution in [1.82, 2.24) is 9.88 Å². The number of ether oxygens (including phenoxy) is 1. The van der Waals surface area contributed by atoms with Gasteiger partial charge in [0.1, 0.15) is 12.3 Å². The second-order valence-electron chi connectivity index (χ2n) is 5.78. The second kappa shape index (κ2) is 8.10. The SMILES string of the molecule is CCCCC(C(=O)N1CCC[C@H]1c1ncco1)[C@H](O)C(=O)OC. The predicted molar refractivity (Wildman–Crippen MR) is 81.2 cm³/mol. The molecular weight excluding hydrogens is 300 g/mol. The first-order chi connectivity index (χ1) is 11.1. The molecule has 1 fully saturated rings. The summed E-state index contributed by atoms with van der Waals surface area (Å²) in [6.45, 7) is 2.57. The molecule has 1 amide bonds. The van der Waals surface area contributed by atoms with E-state index < -0.39 is 18.0 Å². The number of amides is 1. The Morgan fingerprint density at radius 3 is 2.96 bits per heavy atom. The van der Waals surface area contributed by atoms with Crippen molar-refractivity contribution in [2.75, 3.05) is 13.7 Å². The average molecular weight is 324 g/mol. The van der Waals surface area contributed by atoms with Gasteiger partial charge in [-0.25, -0.2) is 9.78 Å². The van der Waals surface area contributed by atoms with Gasteiger partial charge in [0.2, 0.25) is 11.8 Å². The van der Waals surface area contributed by atoms with E-state index in [1.54, 1.807) is 11.1 Å². The van der Waals surface area contributed by atoms with E-state index >= 15 is 0 Å². The van der Waals surface area contributed by atoms with Gasteiger partial charge in [0.15, 0.2) is 6.10 Å². The average Bonchev–Trinajstić information content (AvgIpc) is 3.24. The molecule has 0 spiro atoms. The van der Waals surface area contributed by atoms with Gasteiger partial charge in [-0.05, 0) is 19.3 Å². The third kappa shape index (κ3) is 3.90. The van der Waals surface area contributed by atoms with Crippen LogP contribution in [-0.4, -0.2) is 46.6 Å². The summed E-state index contributed by atoms with van der Waals surface area (Å²) in [4.78, 5) is 30.4. The van der Waals surface area contributed by atoms with Gasteiger partial charge in [-0.1, -0.05) is 19.8 Å². The zero-order chi connectivity index (χ0) is 16.8. The summed E-state index contributed by atoms with van der Waals surface area (Å²) >= 11 is 0. The van der Waals surface area contributed by atoms with Crippen LogP contribution in [0.15, 0.2) is 16.9 Å². The Hall–Kier alpha value is -1.89. The van der Waals surface area contributed by atoms with Crippen LogP contribution in [0.5, 0.6) is 0 Å². The minimum Gasteiger partial charge on any atom is -0.467 e. The first-order valence-corrected chi connectivity index (χ1v) is 8.05. The highest BCUT2D eigenvalue weighted by Gasteiger charge is 2.40. The Morgan fingerprint density at radius 2 is 2.35 bits per heavy atom. The van der Waals surface area contributed by atoms with Crippen LogP contribution < -0.4 is 0 Å². The highest BCUT2D eigenvalue weighted by Crippen LogP contribution is 2.33. The number of oxazole rings is 1. The Bertz CT molecular complexity index is 517. The molecule has 2 heterocycles. The van der Waals surface area contributed by atoms with E-state index in [1.165, 1.54) is 13.4 Å². The molecule has 0 bridgehead atoms. The number of esters is 1. The lowest BCUT2D eigenvalue weighted by Gasteiger charge is -2.29. The van der Waals surface area contributed by atoms with E-state index in [0.717, 1.165) is 25.7 Å². The van der Waals surface area contributed by atoms with Gasteiger partial charge in [0.05, 0.1) is 19.2 Å². The van der Waals surface area contributed by atoms with Gasteiger partial charge >= 0.3 is 5.97 Å². The number of carbonyl (C=O) groups excluding carboxylic acids is 2. The lowest BCUT2D eigenvalue weighted by molar-refractivity contribution is -0.160. The van der Waals surface area contributed by atoms with Crippen LogP contribution >= 0.6 is 0 Å². The molecule has 7 nitrogen and oxygen atoms in total. The van der Waals surface area contributed by atoms with Crippen molar-refractivity contribution < 1.29 is 23.8 Å². The number of hydrogen-bond donors (Lipinski definition) is 1. The summed E-state index contributed by atoms with van der Waals surface area (Å²) in [6.07, 6.45) is 5.27. The maximum atomic E-state index is 12.9. The molecule has 3 atom stereocenters. The van der Waals surface area contributed by atoms with Crippen molar-refractivity contribution in [2.45, 2.75) is 51.2 Å². The van der Waals surface area contributed by atoms with E-state index in [9.17, 15) is 14.7 Å². The van der Waals surface area contributed by atoms with Crippen LogP contribution in [0, 0.1) is 5.92 Å². The van der Waals surface area contributed by atoms with Gasteiger partial charge < -0.3 is 19.2 Å². The van der Waals surface area contributed by atoms with Gasteiger partial charge in [0.25, 0.3) is 0 Å². The zero-order valence-electron chi connectivity index (χ0n) is 13.6. The lowest BCUT2D eigenvalue weighted by Crippen LogP contribution is -2.44. The lowest BCUT2D eigenvalue weighted by atomic mass is 9.94. The molecule has 2 rings (SSSR count). The molecule has 23 heavy (non-hydrogen) atoms. The summed E-state index contributed by atoms with van der Waals surface area (Å²) in [5.41, 5.74) is 0. The molecule has 0 saturated carbocycles. The predicted octanol–water partition coefficient (Wildman–Crippen LogP) is 1.68. The van der Waals surface area contributed by atoms with Crippen molar-refractivity contribution in [2.24, 2.45) is 5.92 Å². The molecule has 1 aromatic rings. The summed E-state index contributed by atoms with van der Waals surface area (Å²) in [5, 5.41) is 10.2. The number of hydrogen-bond acceptors (Lipinski definition) is 6. The number of likely N-dealkylation sites (tertiary alicyclic amines) is 1. The molecule has 0 radical (unpaired) electrons. The Labute approximate surface area is 135 Å². The molecule has 1 saturated heterocycles. The van der Waals surface area contributed by atoms with Gasteiger partial charge in [0, 0.05) is 6.54 Å². The normalized spacial score (nSPS) is 20.3. The number of rotatable bonds is 7. The van der Waals surface area contributed by atoms with E-state index in [1.807, 2.05) is 6.92 Å². The maximum Gasteiger partial charge on any atom is 0.335 e. The van der Waals surface area contributed by atoms with Crippen molar-refractivity contribution in [3.8, 4) is 0 Å². The van der Waals surface area contributed by atoms with Crippen molar-refractivity contribution in [1.29, 1.82) is 0 Å². The second-order valence-corrected chi connectivity index (χ2v) is 5.78. The standard InChI is InChI=1S/C16H24N2O5/c1-3-4-6-11(13(19)16(21)22-2)15(20)18-9-5-7-12(18)14-17-8-10-23-14/h8,10-13,19H,3-7,9H2,1-2H3/t11?,12-,13-/m0/s1. The zero-order valence-corrected chi connectivity index (χ0v) is 13.6. The van der Waals surface area contributed by atoms with E-state index in [0.29, 0.717) is 18.9 Å². The molecule has 0 aliphatic carbocycles. The summed E-state index contributed by atoms with van der Waals surface area (Å²) < 4.78 is 9.92. The summed E-state index contributed by atoms with van der Waals surface area (Å²) in [6, 6.07) is -0.230. The Balaban J connectivity index is 2.16. The summed E-state index contributed by atoms with van der Waals surface area (Å²) in [5.74, 6) is -1.31. The smallest absolute Gasteiger partial charge is 0.335 e. The first kappa shape index (κ1) is 17.5. The fourth-order valence-electron chi connectivity index (χ4n) is 3.02. The van der Waals surface area contributed by atoms with E-state index in [2.05, 4.69) is 9.72 Å². The minimum absolute atomic E-state index is 0.230. The molecule has 1 N–H and O–H groups in total. The van der Waals surface area contributed by atoms with Crippen LogP contribution in [0.4, 0.5) is 0 Å². The highest BCUT2D eigenvalue weighted by molar-refractivity contribution is 5.87. The first-order valence-electron chi connectivity index (χ1n) is 8.05. The van der Waals surface area contributed by atoms with Crippen molar-refractivity contribution >= 4 is 11.9 Å². The van der Waals surface area contributed by atoms with Crippen molar-refractivity contribution in [3.05, 3.63) is 18.4 Å². The number of aromatic nitrogens is 1. The van der Waals surface area contributed by atoms with Gasteiger partial charge in [-0.3, -0.25) is 4.79 Å². The number of aliphatic hydroxyl groups is 1. The number of carbonyl (C=O) groups is 2. The Kier molecular flexibility index (Phi) is 6.15. The van der Waals surface area contributed by atoms with Crippen LogP contribution in [0.3, 0.4) is 0 Å². The molecule has 1 aromatic heterocycles. The fraction of sp³-hybridized carbons (Fsp3) is 0.688. The fourth-order valence-corrected chi connectivity index (χ4v) is 3.02. The van der Waals surface area contributed by atoms with Crippen LogP contribution in [-0.2, 0) is 14.3 Å². The topological polar surface area (TPSA) is 92.9 Å². The number of aliphatic hydroxyl groups excluding tert-OH is 1. The van der Waals surface area contributed by atoms with E-state index in [4.69, 9.17) is 4.42 Å². The van der Waals surface area contributed by atoms with Crippen LogP contribution in [0.1, 0.15) is 51.0 Å². The quantitative estimate of drug-likeness (QED) is 0.767. The van der Waals surface area contributed by atoms with Crippen LogP contribution in [0.2, 0.25) is 0 Å². The highest BCUT2D eigenvalue weighted by atomic mass is 16.5. The molecule has 1 unspecified atom stereocenters. The maximum absolute atomic E-state index is 12.9. The van der Waals surface area contributed by atoms with Crippen molar-refractivity contribution in [3.63, 3.8) is 0 Å². The molecule has 1 aliphatic rings. The largest absolute Gasteiger partial charge is 0.467 e. The molecular formula is C16H24N2O5. The minimum atomic E-state index is -1.44. The molecule has 128 valence electrons. The third-order valence-electron chi connectivity index (χ3n) is 4.28. The monoisotopic (exact) mass is 324 g/mol. The number of nitrogens with zero attached hydrogens (tertiary/aromatic N) is 2. The number of methoxy groups -OCH3 is 1. The summed E-state index contributed by atoms with van der Waals surface area (Å²) in [7, 11) is 1.21. The van der Waals surface area contributed by atoms with Crippen LogP contribution in [0.25, 0.3) is 0 Å². The van der Waals surface area contributed by atoms with Gasteiger partial charge in [-0.2, -0.15) is 0 Å². The van der Waals surface area contributed by atoms with E-state index in [-0.39, 0.29) is 11.9 Å². The molecule has 1 aliphatic heterocycles. The molecule has 7 heteroatoms. The third-order valence-corrected chi connectivity index (χ3v) is 4.28. The molecule has 0 aromatic carbocycles. The van der Waals surface area contributed by atoms with Gasteiger partial charge in [-0.15, -0.1) is 0 Å². The number of unbranched alkanes of at least 4 members (excludes halogenated alkanes) is 1.